The molecule has 1 heterocycles. The Labute approximate surface area is 140 Å². The minimum absolute atomic E-state index is 0.0315. The van der Waals surface area contributed by atoms with Gasteiger partial charge in [0, 0.05) is 24.9 Å². The molecule has 1 aromatic heterocycles. The minimum atomic E-state index is -0.0315. The number of nitrogens with zero attached hydrogens (tertiary/aromatic N) is 2. The van der Waals surface area contributed by atoms with Gasteiger partial charge in [-0.15, -0.1) is 0 Å². The topological polar surface area (TPSA) is 68.0 Å². The van der Waals surface area contributed by atoms with E-state index < -0.39 is 0 Å². The largest absolute Gasteiger partial charge is 0.352 e. The number of nitrogens with one attached hydrogen (secondary N) is 1. The normalized spacial score (nSPS) is 10.5. The van der Waals surface area contributed by atoms with Crippen LogP contribution in [0.4, 0.5) is 0 Å². The second-order valence-corrected chi connectivity index (χ2v) is 5.64. The fourth-order valence-electron chi connectivity index (χ4n) is 2.39. The molecular weight excluding hydrogens is 302 g/mol. The van der Waals surface area contributed by atoms with Crippen molar-refractivity contribution in [3.63, 3.8) is 0 Å². The summed E-state index contributed by atoms with van der Waals surface area (Å²) in [5.74, 6) is 0.987. The van der Waals surface area contributed by atoms with Gasteiger partial charge in [-0.1, -0.05) is 65.3 Å². The number of hydrogen-bond donors (Lipinski definition) is 1. The lowest BCUT2D eigenvalue weighted by Crippen LogP contribution is -2.23. The molecule has 3 aromatic rings. The van der Waals surface area contributed by atoms with Crippen LogP contribution in [-0.4, -0.2) is 16.0 Å². The van der Waals surface area contributed by atoms with E-state index in [4.69, 9.17) is 4.52 Å². The summed E-state index contributed by atoms with van der Waals surface area (Å²) in [5.41, 5.74) is 3.17. The van der Waals surface area contributed by atoms with Gasteiger partial charge in [0.15, 0.2) is 0 Å². The maximum Gasteiger partial charge on any atom is 0.227 e. The van der Waals surface area contributed by atoms with E-state index in [2.05, 4.69) is 21.5 Å². The molecular formula is C19H19N3O2. The van der Waals surface area contributed by atoms with Gasteiger partial charge in [-0.05, 0) is 12.5 Å². The van der Waals surface area contributed by atoms with Crippen LogP contribution in [0.25, 0.3) is 11.4 Å². The van der Waals surface area contributed by atoms with E-state index in [1.807, 2.05) is 55.5 Å². The monoisotopic (exact) mass is 321 g/mol. The molecule has 0 saturated carbocycles. The van der Waals surface area contributed by atoms with Crippen molar-refractivity contribution in [1.29, 1.82) is 0 Å². The molecule has 0 aliphatic rings. The Morgan fingerprint density at radius 1 is 1.12 bits per heavy atom. The Morgan fingerprint density at radius 2 is 1.96 bits per heavy atom. The molecule has 0 bridgehead atoms. The Balaban J connectivity index is 1.49. The number of benzene rings is 2. The Kier molecular flexibility index (Phi) is 5.01. The fourth-order valence-corrected chi connectivity index (χ4v) is 2.39. The lowest BCUT2D eigenvalue weighted by Gasteiger charge is -2.05. The molecule has 5 heteroatoms. The van der Waals surface area contributed by atoms with E-state index in [1.165, 1.54) is 5.56 Å². The van der Waals surface area contributed by atoms with Crippen molar-refractivity contribution in [1.82, 2.24) is 15.5 Å². The fraction of sp³-hybridized carbons (Fsp3) is 0.211. The molecule has 3 rings (SSSR count). The summed E-state index contributed by atoms with van der Waals surface area (Å²) in [6, 6.07) is 17.7. The molecule has 0 fully saturated rings. The standard InChI is InChI=1S/C19H19N3O2/c1-14-6-5-7-15(12-14)13-20-17(23)10-11-18-21-19(22-24-18)16-8-3-2-4-9-16/h2-9,12H,10-11,13H2,1H3,(H,20,23). The first-order chi connectivity index (χ1) is 11.7. The summed E-state index contributed by atoms with van der Waals surface area (Å²) in [7, 11) is 0. The summed E-state index contributed by atoms with van der Waals surface area (Å²) in [6.45, 7) is 2.56. The second kappa shape index (κ2) is 7.55. The number of amides is 1. The third kappa shape index (κ3) is 4.29. The maximum atomic E-state index is 12.0. The zero-order valence-corrected chi connectivity index (χ0v) is 13.5. The number of hydrogen-bond acceptors (Lipinski definition) is 4. The molecule has 122 valence electrons. The van der Waals surface area contributed by atoms with Gasteiger partial charge in [0.2, 0.25) is 17.6 Å². The Morgan fingerprint density at radius 3 is 2.75 bits per heavy atom. The van der Waals surface area contributed by atoms with Crippen LogP contribution < -0.4 is 5.32 Å². The SMILES string of the molecule is Cc1cccc(CNC(=O)CCc2nc(-c3ccccc3)no2)c1. The summed E-state index contributed by atoms with van der Waals surface area (Å²) < 4.78 is 5.21. The van der Waals surface area contributed by atoms with Gasteiger partial charge in [-0.2, -0.15) is 4.98 Å². The molecule has 1 N–H and O–H groups in total. The molecule has 5 nitrogen and oxygen atoms in total. The van der Waals surface area contributed by atoms with Crippen molar-refractivity contribution in [3.05, 3.63) is 71.6 Å². The molecule has 24 heavy (non-hydrogen) atoms. The minimum Gasteiger partial charge on any atom is -0.352 e. The maximum absolute atomic E-state index is 12.0. The highest BCUT2D eigenvalue weighted by atomic mass is 16.5. The number of carbonyl (C=O) groups excluding carboxylic acids is 1. The molecule has 0 radical (unpaired) electrons. The molecule has 0 spiro atoms. The Bertz CT molecular complexity index is 812. The van der Waals surface area contributed by atoms with Crippen LogP contribution in [0.1, 0.15) is 23.4 Å². The summed E-state index contributed by atoms with van der Waals surface area (Å²) in [4.78, 5) is 16.3. The van der Waals surface area contributed by atoms with Crippen molar-refractivity contribution in [2.45, 2.75) is 26.3 Å². The second-order valence-electron chi connectivity index (χ2n) is 5.64. The van der Waals surface area contributed by atoms with E-state index in [1.54, 1.807) is 0 Å². The van der Waals surface area contributed by atoms with Crippen LogP contribution in [0.3, 0.4) is 0 Å². The molecule has 0 unspecified atom stereocenters. The molecule has 2 aromatic carbocycles. The first kappa shape index (κ1) is 15.9. The quantitative estimate of drug-likeness (QED) is 0.756. The Hall–Kier alpha value is -2.95. The van der Waals surface area contributed by atoms with Crippen LogP contribution in [-0.2, 0) is 17.8 Å². The lowest BCUT2D eigenvalue weighted by molar-refractivity contribution is -0.121. The van der Waals surface area contributed by atoms with Gasteiger partial charge in [0.1, 0.15) is 0 Å². The lowest BCUT2D eigenvalue weighted by atomic mass is 10.1. The van der Waals surface area contributed by atoms with Crippen molar-refractivity contribution in [2.24, 2.45) is 0 Å². The number of aromatic nitrogens is 2. The van der Waals surface area contributed by atoms with E-state index >= 15 is 0 Å². The van der Waals surface area contributed by atoms with Crippen LogP contribution in [0.15, 0.2) is 59.1 Å². The zero-order valence-electron chi connectivity index (χ0n) is 13.5. The molecule has 0 aliphatic carbocycles. The van der Waals surface area contributed by atoms with E-state index in [0.717, 1.165) is 11.1 Å². The average Bonchev–Trinajstić information content (AvgIpc) is 3.08. The third-order valence-electron chi connectivity index (χ3n) is 3.64. The number of carbonyl (C=O) groups is 1. The van der Waals surface area contributed by atoms with Crippen molar-refractivity contribution in [3.8, 4) is 11.4 Å². The predicted molar refractivity (Wildman–Crippen MR) is 91.1 cm³/mol. The van der Waals surface area contributed by atoms with Gasteiger partial charge in [-0.25, -0.2) is 0 Å². The van der Waals surface area contributed by atoms with Crippen LogP contribution in [0.2, 0.25) is 0 Å². The highest BCUT2D eigenvalue weighted by Crippen LogP contribution is 2.15. The van der Waals surface area contributed by atoms with Crippen LogP contribution in [0, 0.1) is 6.92 Å². The molecule has 0 saturated heterocycles. The number of rotatable bonds is 6. The molecule has 1 amide bonds. The summed E-state index contributed by atoms with van der Waals surface area (Å²) in [6.07, 6.45) is 0.752. The van der Waals surface area contributed by atoms with Crippen LogP contribution >= 0.6 is 0 Å². The smallest absolute Gasteiger partial charge is 0.227 e. The summed E-state index contributed by atoms with van der Waals surface area (Å²) in [5, 5.41) is 6.86. The highest BCUT2D eigenvalue weighted by Gasteiger charge is 2.10. The number of aryl methyl sites for hydroxylation is 2. The zero-order chi connectivity index (χ0) is 16.8. The van der Waals surface area contributed by atoms with Gasteiger partial charge in [-0.3, -0.25) is 4.79 Å². The van der Waals surface area contributed by atoms with Gasteiger partial charge in [0.05, 0.1) is 0 Å². The first-order valence-electron chi connectivity index (χ1n) is 7.91. The van der Waals surface area contributed by atoms with E-state index in [9.17, 15) is 4.79 Å². The van der Waals surface area contributed by atoms with Gasteiger partial charge >= 0.3 is 0 Å². The van der Waals surface area contributed by atoms with Gasteiger partial charge in [0.25, 0.3) is 0 Å². The summed E-state index contributed by atoms with van der Waals surface area (Å²) >= 11 is 0. The average molecular weight is 321 g/mol. The van der Waals surface area contributed by atoms with Crippen molar-refractivity contribution in [2.75, 3.05) is 0 Å². The van der Waals surface area contributed by atoms with Crippen molar-refractivity contribution < 1.29 is 9.32 Å². The van der Waals surface area contributed by atoms with Gasteiger partial charge < -0.3 is 9.84 Å². The van der Waals surface area contributed by atoms with E-state index in [-0.39, 0.29) is 5.91 Å². The van der Waals surface area contributed by atoms with E-state index in [0.29, 0.717) is 31.1 Å². The van der Waals surface area contributed by atoms with Crippen molar-refractivity contribution >= 4 is 5.91 Å². The first-order valence-corrected chi connectivity index (χ1v) is 7.91. The third-order valence-corrected chi connectivity index (χ3v) is 3.64. The highest BCUT2D eigenvalue weighted by molar-refractivity contribution is 5.76. The molecule has 0 aliphatic heterocycles. The van der Waals surface area contributed by atoms with Crippen LogP contribution in [0.5, 0.6) is 0 Å². The predicted octanol–water partition coefficient (Wildman–Crippen LogP) is 3.29. The molecule has 0 atom stereocenters.